The highest BCUT2D eigenvalue weighted by Gasteiger charge is 2.37. The second kappa shape index (κ2) is 10.8. The van der Waals surface area contributed by atoms with Crippen LogP contribution in [0.4, 0.5) is 18.9 Å². The molecule has 2 aromatic heterocycles. The monoisotopic (exact) mass is 612 g/mol. The van der Waals surface area contributed by atoms with Crippen LogP contribution in [0.2, 0.25) is 0 Å². The quantitative estimate of drug-likeness (QED) is 0.334. The van der Waals surface area contributed by atoms with E-state index in [0.29, 0.717) is 16.7 Å². The van der Waals surface area contributed by atoms with Crippen molar-refractivity contribution in [1.82, 2.24) is 15.2 Å². The van der Waals surface area contributed by atoms with E-state index in [2.05, 4.69) is 26.0 Å². The van der Waals surface area contributed by atoms with Gasteiger partial charge in [-0.3, -0.25) is 9.78 Å². The zero-order valence-corrected chi connectivity index (χ0v) is 23.5. The van der Waals surface area contributed by atoms with Gasteiger partial charge in [0.25, 0.3) is 0 Å². The summed E-state index contributed by atoms with van der Waals surface area (Å²) in [5.41, 5.74) is 6.58. The van der Waals surface area contributed by atoms with Gasteiger partial charge in [0.1, 0.15) is 11.2 Å². The molecule has 2 N–H and O–H groups in total. The van der Waals surface area contributed by atoms with Crippen LogP contribution in [0.15, 0.2) is 70.1 Å². The Kier molecular flexibility index (Phi) is 7.45. The van der Waals surface area contributed by atoms with E-state index in [9.17, 15) is 31.6 Å². The number of aromatic nitrogens is 3. The van der Waals surface area contributed by atoms with Gasteiger partial charge in [-0.05, 0) is 43.7 Å². The fraction of sp³-hybridized carbons (Fsp3) is 0.250. The third kappa shape index (κ3) is 6.20. The second-order valence-corrected chi connectivity index (χ2v) is 12.3. The number of rotatable bonds is 6. The lowest BCUT2D eigenvalue weighted by Gasteiger charge is -2.24. The number of sulfone groups is 1. The Hall–Kier alpha value is -4.81. The molecular formula is C28H23F3N6O5S. The molecule has 0 radical (unpaired) electrons. The maximum absolute atomic E-state index is 13.4. The molecule has 0 bridgehead atoms. The third-order valence-corrected chi connectivity index (χ3v) is 8.42. The SMILES string of the molecule is CC(C)(C#N)c1nnc(-c2ccc3c(c2)N(Cc2ccc(-c4cc(OC(F)(F)F)ccn4)cc2)C(=O)[C@@H](N)CS3(=O)=O)o1. The average molecular weight is 613 g/mol. The molecule has 4 aromatic rings. The first-order chi connectivity index (χ1) is 20.2. The van der Waals surface area contributed by atoms with Crippen LogP contribution in [0.1, 0.15) is 25.3 Å². The summed E-state index contributed by atoms with van der Waals surface area (Å²) < 4.78 is 73.9. The molecule has 1 atom stereocenters. The van der Waals surface area contributed by atoms with Gasteiger partial charge < -0.3 is 19.8 Å². The minimum absolute atomic E-state index is 0.0213. The number of nitrogens with zero attached hydrogens (tertiary/aromatic N) is 5. The van der Waals surface area contributed by atoms with Gasteiger partial charge in [-0.15, -0.1) is 23.4 Å². The maximum atomic E-state index is 13.4. The van der Waals surface area contributed by atoms with Crippen molar-refractivity contribution in [2.24, 2.45) is 5.73 Å². The van der Waals surface area contributed by atoms with Gasteiger partial charge in [-0.25, -0.2) is 8.42 Å². The van der Waals surface area contributed by atoms with Gasteiger partial charge in [0, 0.05) is 23.4 Å². The Morgan fingerprint density at radius 2 is 1.79 bits per heavy atom. The van der Waals surface area contributed by atoms with Gasteiger partial charge in [-0.2, -0.15) is 5.26 Å². The zero-order valence-electron chi connectivity index (χ0n) is 22.7. The van der Waals surface area contributed by atoms with Gasteiger partial charge in [0.05, 0.1) is 40.7 Å². The molecule has 0 aliphatic carbocycles. The number of nitriles is 1. The van der Waals surface area contributed by atoms with Crippen molar-refractivity contribution < 1.29 is 35.5 Å². The molecule has 222 valence electrons. The van der Waals surface area contributed by atoms with Crippen LogP contribution in [-0.4, -0.2) is 47.7 Å². The number of benzene rings is 2. The number of anilines is 1. The Morgan fingerprint density at radius 3 is 2.47 bits per heavy atom. The number of ether oxygens (including phenoxy) is 1. The van der Waals surface area contributed by atoms with Crippen LogP contribution >= 0.6 is 0 Å². The molecule has 5 rings (SSSR count). The lowest BCUT2D eigenvalue weighted by molar-refractivity contribution is -0.274. The highest BCUT2D eigenvalue weighted by atomic mass is 32.2. The van der Waals surface area contributed by atoms with E-state index < -0.39 is 45.1 Å². The summed E-state index contributed by atoms with van der Waals surface area (Å²) in [5.74, 6) is -1.58. The zero-order chi connectivity index (χ0) is 31.2. The minimum Gasteiger partial charge on any atom is -0.419 e. The molecule has 0 saturated heterocycles. The van der Waals surface area contributed by atoms with E-state index in [1.54, 1.807) is 38.1 Å². The van der Waals surface area contributed by atoms with Gasteiger partial charge in [0.15, 0.2) is 9.84 Å². The Morgan fingerprint density at radius 1 is 1.09 bits per heavy atom. The molecule has 3 heterocycles. The largest absolute Gasteiger partial charge is 0.573 e. The molecule has 0 fully saturated rings. The van der Waals surface area contributed by atoms with Crippen molar-refractivity contribution in [3.8, 4) is 34.5 Å². The normalized spacial score (nSPS) is 16.7. The first-order valence-electron chi connectivity index (χ1n) is 12.7. The van der Waals surface area contributed by atoms with Gasteiger partial charge >= 0.3 is 6.36 Å². The van der Waals surface area contributed by atoms with Crippen molar-refractivity contribution in [1.29, 1.82) is 5.26 Å². The molecular weight excluding hydrogens is 589 g/mol. The molecule has 2 aromatic carbocycles. The fourth-order valence-electron chi connectivity index (χ4n) is 4.37. The topological polar surface area (TPSA) is 165 Å². The number of alkyl halides is 3. The molecule has 43 heavy (non-hydrogen) atoms. The van der Waals surface area contributed by atoms with Crippen molar-refractivity contribution in [3.05, 3.63) is 72.2 Å². The highest BCUT2D eigenvalue weighted by Crippen LogP contribution is 2.36. The van der Waals surface area contributed by atoms with E-state index in [1.807, 2.05) is 0 Å². The van der Waals surface area contributed by atoms with E-state index >= 15 is 0 Å². The van der Waals surface area contributed by atoms with Crippen molar-refractivity contribution in [3.63, 3.8) is 0 Å². The molecule has 1 amide bonds. The molecule has 1 aliphatic heterocycles. The van der Waals surface area contributed by atoms with Crippen LogP contribution in [0, 0.1) is 11.3 Å². The van der Waals surface area contributed by atoms with E-state index in [4.69, 9.17) is 10.2 Å². The molecule has 0 spiro atoms. The predicted molar refractivity (Wildman–Crippen MR) is 146 cm³/mol. The summed E-state index contributed by atoms with van der Waals surface area (Å²) in [6.45, 7) is 3.12. The first kappa shape index (κ1) is 29.7. The number of amides is 1. The first-order valence-corrected chi connectivity index (χ1v) is 14.3. The third-order valence-electron chi connectivity index (χ3n) is 6.61. The Labute approximate surface area is 243 Å². The second-order valence-electron chi connectivity index (χ2n) is 10.3. The number of hydrogen-bond acceptors (Lipinski definition) is 10. The van der Waals surface area contributed by atoms with Crippen molar-refractivity contribution >= 4 is 21.4 Å². The predicted octanol–water partition coefficient (Wildman–Crippen LogP) is 4.15. The number of nitrogens with two attached hydrogens (primary N) is 1. The summed E-state index contributed by atoms with van der Waals surface area (Å²) in [5, 5.41) is 17.3. The van der Waals surface area contributed by atoms with Crippen LogP contribution < -0.4 is 15.4 Å². The number of fused-ring (bicyclic) bond motifs is 1. The summed E-state index contributed by atoms with van der Waals surface area (Å²) in [6.07, 6.45) is -3.67. The molecule has 11 nitrogen and oxygen atoms in total. The van der Waals surface area contributed by atoms with Crippen molar-refractivity contribution in [2.45, 2.75) is 43.1 Å². The highest BCUT2D eigenvalue weighted by molar-refractivity contribution is 7.91. The van der Waals surface area contributed by atoms with Gasteiger partial charge in [0.2, 0.25) is 17.7 Å². The molecule has 1 aliphatic rings. The maximum Gasteiger partial charge on any atom is 0.573 e. The molecule has 0 saturated carbocycles. The number of hydrogen-bond donors (Lipinski definition) is 1. The Balaban J connectivity index is 1.50. The number of halogens is 3. The summed E-state index contributed by atoms with van der Waals surface area (Å²) in [7, 11) is -3.96. The van der Waals surface area contributed by atoms with Crippen LogP contribution in [0.25, 0.3) is 22.7 Å². The van der Waals surface area contributed by atoms with Crippen LogP contribution in [0.5, 0.6) is 5.75 Å². The smallest absolute Gasteiger partial charge is 0.419 e. The standard InChI is InChI=1S/C28H23F3N6O5S/c1-27(2,15-32)26-36-35-24(41-26)18-7-8-23-22(11-18)37(25(38)20(33)14-43(23,39)40)13-16-3-5-17(6-4-16)21-12-19(9-10-34-21)42-28(29,30)31/h3-12,20H,13-14,33H2,1-2H3/t20-/m0/s1. The summed E-state index contributed by atoms with van der Waals surface area (Å²) >= 11 is 0. The fourth-order valence-corrected chi connectivity index (χ4v) is 5.93. The van der Waals surface area contributed by atoms with Crippen LogP contribution in [0.3, 0.4) is 0 Å². The lowest BCUT2D eigenvalue weighted by atomic mass is 9.96. The number of carbonyl (C=O) groups excluding carboxylic acids is 1. The molecule has 0 unspecified atom stereocenters. The lowest BCUT2D eigenvalue weighted by Crippen LogP contribution is -2.45. The van der Waals surface area contributed by atoms with E-state index in [0.717, 1.165) is 12.1 Å². The van der Waals surface area contributed by atoms with Gasteiger partial charge in [-0.1, -0.05) is 24.3 Å². The summed E-state index contributed by atoms with van der Waals surface area (Å²) in [4.78, 5) is 18.6. The number of pyridine rings is 1. The van der Waals surface area contributed by atoms with E-state index in [-0.39, 0.29) is 34.6 Å². The van der Waals surface area contributed by atoms with E-state index in [1.165, 1.54) is 29.3 Å². The number of carbonyl (C=O) groups is 1. The molecule has 15 heteroatoms. The Bertz CT molecular complexity index is 1850. The average Bonchev–Trinajstić information content (AvgIpc) is 3.44. The van der Waals surface area contributed by atoms with Crippen molar-refractivity contribution in [2.75, 3.05) is 10.7 Å². The minimum atomic E-state index is -4.86. The summed E-state index contributed by atoms with van der Waals surface area (Å²) in [6, 6.07) is 13.6. The van der Waals surface area contributed by atoms with Crippen LogP contribution in [-0.2, 0) is 26.6 Å².